The van der Waals surface area contributed by atoms with Crippen molar-refractivity contribution in [2.24, 2.45) is 0 Å². The number of ether oxygens (including phenoxy) is 2. The zero-order valence-electron chi connectivity index (χ0n) is 24.2. The molecule has 0 saturated carbocycles. The van der Waals surface area contributed by atoms with Crippen LogP contribution in [0.3, 0.4) is 0 Å². The van der Waals surface area contributed by atoms with Gasteiger partial charge in [-0.3, -0.25) is 9.59 Å². The van der Waals surface area contributed by atoms with Crippen molar-refractivity contribution in [1.82, 2.24) is 10.2 Å². The molecular weight excluding hydrogens is 546 g/mol. The van der Waals surface area contributed by atoms with E-state index in [1.807, 2.05) is 95.9 Å². The third kappa shape index (κ3) is 7.06. The van der Waals surface area contributed by atoms with Crippen LogP contribution in [0.5, 0.6) is 5.75 Å². The minimum absolute atomic E-state index is 0.00346. The van der Waals surface area contributed by atoms with E-state index >= 15 is 0 Å². The van der Waals surface area contributed by atoms with Gasteiger partial charge in [-0.05, 0) is 54.3 Å². The molecule has 2 aliphatic heterocycles. The van der Waals surface area contributed by atoms with E-state index in [-0.39, 0.29) is 13.0 Å². The summed E-state index contributed by atoms with van der Waals surface area (Å²) in [6.07, 6.45) is 3.37. The predicted octanol–water partition coefficient (Wildman–Crippen LogP) is 3.44. The molecule has 0 unspecified atom stereocenters. The Morgan fingerprint density at radius 1 is 0.907 bits per heavy atom. The number of nitrogens with zero attached hydrogens (tertiary/aromatic N) is 2. The van der Waals surface area contributed by atoms with Gasteiger partial charge in [-0.25, -0.2) is 4.79 Å². The van der Waals surface area contributed by atoms with Gasteiger partial charge in [-0.1, -0.05) is 66.7 Å². The Morgan fingerprint density at radius 2 is 1.60 bits per heavy atom. The average Bonchev–Trinajstić information content (AvgIpc) is 3.54. The Bertz CT molecular complexity index is 1410. The Balaban J connectivity index is 1.52. The highest BCUT2D eigenvalue weighted by Gasteiger charge is 2.42. The molecule has 1 fully saturated rings. The Hall–Kier alpha value is -4.63. The minimum atomic E-state index is -1.48. The second-order valence-electron chi connectivity index (χ2n) is 10.7. The molecule has 9 heteroatoms. The van der Waals surface area contributed by atoms with Crippen molar-refractivity contribution in [3.8, 4) is 5.75 Å². The van der Waals surface area contributed by atoms with Crippen LogP contribution < -0.4 is 15.0 Å². The molecule has 0 aromatic heterocycles. The van der Waals surface area contributed by atoms with Crippen LogP contribution in [0.1, 0.15) is 30.0 Å². The Morgan fingerprint density at radius 3 is 2.30 bits per heavy atom. The average molecular weight is 584 g/mol. The molecule has 2 N–H and O–H groups in total. The van der Waals surface area contributed by atoms with E-state index in [9.17, 15) is 19.5 Å². The van der Waals surface area contributed by atoms with Crippen molar-refractivity contribution in [2.45, 2.75) is 43.5 Å². The minimum Gasteiger partial charge on any atom is -0.497 e. The maximum absolute atomic E-state index is 14.0. The van der Waals surface area contributed by atoms with Gasteiger partial charge in [0.2, 0.25) is 5.91 Å². The number of cyclic esters (lactones) is 1. The van der Waals surface area contributed by atoms with E-state index in [2.05, 4.69) is 5.32 Å². The molecule has 0 aliphatic carbocycles. The number of amides is 2. The van der Waals surface area contributed by atoms with E-state index in [0.717, 1.165) is 16.8 Å². The maximum Gasteiger partial charge on any atom is 0.329 e. The third-order valence-electron chi connectivity index (χ3n) is 7.95. The topological polar surface area (TPSA) is 108 Å². The molecule has 9 nitrogen and oxygen atoms in total. The number of rotatable bonds is 5. The summed E-state index contributed by atoms with van der Waals surface area (Å²) in [7, 11) is 1.59. The number of hydrogen-bond donors (Lipinski definition) is 2. The summed E-state index contributed by atoms with van der Waals surface area (Å²) in [4.78, 5) is 44.2. The quantitative estimate of drug-likeness (QED) is 0.350. The first-order chi connectivity index (χ1) is 21.0. The monoisotopic (exact) mass is 583 g/mol. The van der Waals surface area contributed by atoms with Crippen LogP contribution in [0.4, 0.5) is 5.69 Å². The summed E-state index contributed by atoms with van der Waals surface area (Å²) < 4.78 is 10.9. The molecule has 4 atom stereocenters. The second kappa shape index (κ2) is 14.0. The van der Waals surface area contributed by atoms with Gasteiger partial charge in [0.15, 0.2) is 6.10 Å². The molecule has 224 valence electrons. The number of aliphatic hydroxyl groups is 1. The largest absolute Gasteiger partial charge is 0.497 e. The van der Waals surface area contributed by atoms with E-state index in [1.165, 1.54) is 4.90 Å². The lowest BCUT2D eigenvalue weighted by atomic mass is 9.97. The Labute approximate surface area is 251 Å². The molecule has 0 radical (unpaired) electrons. The molecule has 0 spiro atoms. The fourth-order valence-electron chi connectivity index (χ4n) is 5.74. The maximum atomic E-state index is 14.0. The van der Waals surface area contributed by atoms with Gasteiger partial charge >= 0.3 is 5.97 Å². The third-order valence-corrected chi connectivity index (χ3v) is 7.95. The van der Waals surface area contributed by atoms with Gasteiger partial charge in [0.1, 0.15) is 24.4 Å². The Kier molecular flexibility index (Phi) is 9.73. The van der Waals surface area contributed by atoms with Gasteiger partial charge in [0.25, 0.3) is 5.91 Å². The first-order valence-corrected chi connectivity index (χ1v) is 14.6. The zero-order valence-corrected chi connectivity index (χ0v) is 24.2. The fourth-order valence-corrected chi connectivity index (χ4v) is 5.74. The lowest BCUT2D eigenvalue weighted by molar-refractivity contribution is -0.149. The smallest absolute Gasteiger partial charge is 0.329 e. The lowest BCUT2D eigenvalue weighted by Crippen LogP contribution is -2.55. The molecule has 5 rings (SSSR count). The normalized spacial score (nSPS) is 24.3. The number of aliphatic hydroxyl groups excluding tert-OH is 1. The molecule has 43 heavy (non-hydrogen) atoms. The number of esters is 1. The lowest BCUT2D eigenvalue weighted by Gasteiger charge is -2.38. The van der Waals surface area contributed by atoms with Crippen LogP contribution >= 0.6 is 0 Å². The zero-order chi connectivity index (χ0) is 30.2. The van der Waals surface area contributed by atoms with Crippen LogP contribution in [0, 0.1) is 0 Å². The van der Waals surface area contributed by atoms with Crippen LogP contribution in [-0.4, -0.2) is 72.8 Å². The van der Waals surface area contributed by atoms with Gasteiger partial charge in [0, 0.05) is 25.2 Å². The molecule has 1 saturated heterocycles. The SMILES string of the molecule is COc1ccc(N2C/C=C/COC(=O)[C@@H](Cc3ccccc3)NC(=O)[C@@H]3CCCN3C(=O)[C@H](O)[C@H]2c2ccccc2)cc1. The van der Waals surface area contributed by atoms with Gasteiger partial charge in [-0.2, -0.15) is 0 Å². The highest BCUT2D eigenvalue weighted by atomic mass is 16.5. The van der Waals surface area contributed by atoms with Gasteiger partial charge in [0.05, 0.1) is 13.2 Å². The number of hydrogen-bond acceptors (Lipinski definition) is 7. The van der Waals surface area contributed by atoms with Gasteiger partial charge in [-0.15, -0.1) is 0 Å². The van der Waals surface area contributed by atoms with Crippen molar-refractivity contribution in [2.75, 3.05) is 31.7 Å². The van der Waals surface area contributed by atoms with Crippen LogP contribution in [0.25, 0.3) is 0 Å². The summed E-state index contributed by atoms with van der Waals surface area (Å²) in [5, 5.41) is 14.7. The summed E-state index contributed by atoms with van der Waals surface area (Å²) in [6.45, 7) is 0.636. The van der Waals surface area contributed by atoms with E-state index in [0.29, 0.717) is 31.7 Å². The highest BCUT2D eigenvalue weighted by Crippen LogP contribution is 2.33. The molecule has 2 amide bonds. The summed E-state index contributed by atoms with van der Waals surface area (Å²) in [5.41, 5.74) is 2.37. The summed E-state index contributed by atoms with van der Waals surface area (Å²) >= 11 is 0. The molecule has 3 aromatic rings. The number of fused-ring (bicyclic) bond motifs is 1. The first-order valence-electron chi connectivity index (χ1n) is 14.6. The summed E-state index contributed by atoms with van der Waals surface area (Å²) in [5.74, 6) is -0.856. The van der Waals surface area contributed by atoms with Crippen molar-refractivity contribution < 1.29 is 29.0 Å². The van der Waals surface area contributed by atoms with Crippen LogP contribution in [-0.2, 0) is 25.5 Å². The van der Waals surface area contributed by atoms with Crippen LogP contribution in [0.2, 0.25) is 0 Å². The van der Waals surface area contributed by atoms with E-state index in [4.69, 9.17) is 9.47 Å². The number of nitrogens with one attached hydrogen (secondary N) is 1. The molecule has 2 heterocycles. The molecular formula is C34H37N3O6. The van der Waals surface area contributed by atoms with Crippen molar-refractivity contribution in [3.05, 3.63) is 108 Å². The van der Waals surface area contributed by atoms with Crippen molar-refractivity contribution in [3.63, 3.8) is 0 Å². The van der Waals surface area contributed by atoms with Crippen LogP contribution in [0.15, 0.2) is 97.1 Å². The number of benzene rings is 3. The second-order valence-corrected chi connectivity index (χ2v) is 10.7. The number of carbonyl (C=O) groups is 3. The van der Waals surface area contributed by atoms with E-state index in [1.54, 1.807) is 13.2 Å². The van der Waals surface area contributed by atoms with E-state index < -0.39 is 42.0 Å². The van der Waals surface area contributed by atoms with Gasteiger partial charge < -0.3 is 29.7 Å². The van der Waals surface area contributed by atoms with Crippen molar-refractivity contribution >= 4 is 23.5 Å². The summed E-state index contributed by atoms with van der Waals surface area (Å²) in [6, 6.07) is 23.6. The number of carbonyl (C=O) groups excluding carboxylic acids is 3. The fraction of sp³-hybridized carbons (Fsp3) is 0.324. The predicted molar refractivity (Wildman–Crippen MR) is 162 cm³/mol. The number of methoxy groups -OCH3 is 1. The first kappa shape index (κ1) is 29.8. The molecule has 0 bridgehead atoms. The molecule has 2 aliphatic rings. The molecule has 3 aromatic carbocycles. The highest BCUT2D eigenvalue weighted by molar-refractivity contribution is 5.93. The number of anilines is 1. The van der Waals surface area contributed by atoms with Crippen molar-refractivity contribution in [1.29, 1.82) is 0 Å². The standard InChI is InChI=1S/C34H37N3O6/c1-42-27-18-16-26(17-19-27)36-20-8-9-22-43-34(41)28(23-24-11-4-2-5-12-24)35-32(39)29-15-10-21-37(29)33(40)31(38)30(36)25-13-6-3-7-14-25/h2-9,11-14,16-19,28-31,38H,10,15,20-23H2,1H3,(H,35,39)/b9-8+/t28-,29+,30-,31-/m1/s1.